The fourth-order valence-corrected chi connectivity index (χ4v) is 3.04. The second kappa shape index (κ2) is 6.07. The second-order valence-electron chi connectivity index (χ2n) is 6.08. The molecule has 0 aliphatic carbocycles. The van der Waals surface area contributed by atoms with E-state index in [0.29, 0.717) is 16.9 Å². The zero-order valence-electron chi connectivity index (χ0n) is 14.0. The number of pyridine rings is 1. The summed E-state index contributed by atoms with van der Waals surface area (Å²) in [4.78, 5) is 42.9. The van der Waals surface area contributed by atoms with E-state index < -0.39 is 23.8 Å². The average Bonchev–Trinajstić information content (AvgIpc) is 2.92. The minimum atomic E-state index is -0.948. The van der Waals surface area contributed by atoms with Crippen molar-refractivity contribution in [1.82, 2.24) is 9.88 Å². The summed E-state index contributed by atoms with van der Waals surface area (Å²) in [6.45, 7) is 1.53. The summed E-state index contributed by atoms with van der Waals surface area (Å²) < 4.78 is 0. The van der Waals surface area contributed by atoms with Crippen LogP contribution in [-0.2, 0) is 4.79 Å². The predicted octanol–water partition coefficient (Wildman–Crippen LogP) is 2.86. The third-order valence-corrected chi connectivity index (χ3v) is 4.44. The molecule has 0 bridgehead atoms. The number of nitrogens with one attached hydrogen (secondary N) is 1. The van der Waals surface area contributed by atoms with Crippen LogP contribution in [0.3, 0.4) is 0 Å². The molecule has 0 unspecified atom stereocenters. The Balaban J connectivity index is 1.56. The summed E-state index contributed by atoms with van der Waals surface area (Å²) in [5, 5.41) is 3.64. The topological polar surface area (TPSA) is 79.4 Å². The summed E-state index contributed by atoms with van der Waals surface area (Å²) in [5.74, 6) is -1.01. The van der Waals surface area contributed by atoms with Crippen molar-refractivity contribution >= 4 is 34.4 Å². The third-order valence-electron chi connectivity index (χ3n) is 4.44. The van der Waals surface area contributed by atoms with Crippen molar-refractivity contribution in [2.24, 2.45) is 0 Å². The Bertz CT molecular complexity index is 1030. The van der Waals surface area contributed by atoms with Gasteiger partial charge >= 0.3 is 0 Å². The first-order valence-corrected chi connectivity index (χ1v) is 8.20. The molecule has 1 aliphatic rings. The number of rotatable bonds is 3. The maximum Gasteiger partial charge on any atom is 0.262 e. The van der Waals surface area contributed by atoms with Gasteiger partial charge in [-0.25, -0.2) is 4.98 Å². The molecule has 1 aromatic heterocycles. The number of hydrogen-bond donors (Lipinski definition) is 1. The lowest BCUT2D eigenvalue weighted by molar-refractivity contribution is -0.119. The van der Waals surface area contributed by atoms with Gasteiger partial charge < -0.3 is 5.32 Å². The number of amides is 3. The van der Waals surface area contributed by atoms with Gasteiger partial charge in [-0.3, -0.25) is 19.3 Å². The van der Waals surface area contributed by atoms with Crippen LogP contribution in [0, 0.1) is 0 Å². The molecule has 2 heterocycles. The van der Waals surface area contributed by atoms with Crippen molar-refractivity contribution in [3.63, 3.8) is 0 Å². The first kappa shape index (κ1) is 16.0. The van der Waals surface area contributed by atoms with E-state index in [1.54, 1.807) is 30.3 Å². The molecule has 0 spiro atoms. The zero-order valence-corrected chi connectivity index (χ0v) is 14.0. The number of anilines is 1. The molecule has 128 valence electrons. The smallest absolute Gasteiger partial charge is 0.262 e. The quantitative estimate of drug-likeness (QED) is 0.740. The lowest BCUT2D eigenvalue weighted by Crippen LogP contribution is -2.45. The van der Waals surface area contributed by atoms with E-state index in [1.165, 1.54) is 6.92 Å². The van der Waals surface area contributed by atoms with Crippen molar-refractivity contribution in [1.29, 1.82) is 0 Å². The van der Waals surface area contributed by atoms with Gasteiger partial charge in [0.1, 0.15) is 11.9 Å². The van der Waals surface area contributed by atoms with Crippen molar-refractivity contribution in [3.05, 3.63) is 71.8 Å². The number of hydrogen-bond acceptors (Lipinski definition) is 4. The number of imide groups is 1. The molecule has 6 heteroatoms. The van der Waals surface area contributed by atoms with Gasteiger partial charge in [-0.1, -0.05) is 30.3 Å². The van der Waals surface area contributed by atoms with E-state index >= 15 is 0 Å². The molecule has 1 N–H and O–H groups in total. The lowest BCUT2D eigenvalue weighted by atomic mass is 10.1. The van der Waals surface area contributed by atoms with E-state index in [0.717, 1.165) is 15.8 Å². The SMILES string of the molecule is C[C@H](C(=O)Nc1ccc2ccccc2n1)N1C(=O)c2ccccc2C1=O. The van der Waals surface area contributed by atoms with Crippen molar-refractivity contribution in [2.75, 3.05) is 5.32 Å². The second-order valence-corrected chi connectivity index (χ2v) is 6.08. The highest BCUT2D eigenvalue weighted by Gasteiger charge is 2.40. The van der Waals surface area contributed by atoms with Gasteiger partial charge in [-0.05, 0) is 37.3 Å². The molecule has 6 nitrogen and oxygen atoms in total. The molecular weight excluding hydrogens is 330 g/mol. The first-order chi connectivity index (χ1) is 12.6. The maximum atomic E-state index is 12.6. The normalized spacial score (nSPS) is 14.4. The van der Waals surface area contributed by atoms with E-state index in [9.17, 15) is 14.4 Å². The zero-order chi connectivity index (χ0) is 18.3. The highest BCUT2D eigenvalue weighted by molar-refractivity contribution is 6.23. The van der Waals surface area contributed by atoms with Crippen LogP contribution >= 0.6 is 0 Å². The molecule has 0 radical (unpaired) electrons. The predicted molar refractivity (Wildman–Crippen MR) is 96.8 cm³/mol. The molecule has 0 saturated carbocycles. The molecule has 2 aromatic carbocycles. The van der Waals surface area contributed by atoms with E-state index in [-0.39, 0.29) is 0 Å². The summed E-state index contributed by atoms with van der Waals surface area (Å²) in [7, 11) is 0. The molecule has 4 rings (SSSR count). The first-order valence-electron chi connectivity index (χ1n) is 8.20. The minimum Gasteiger partial charge on any atom is -0.309 e. The van der Waals surface area contributed by atoms with E-state index in [2.05, 4.69) is 10.3 Å². The van der Waals surface area contributed by atoms with Gasteiger partial charge in [0.2, 0.25) is 5.91 Å². The van der Waals surface area contributed by atoms with Crippen LogP contribution in [0.25, 0.3) is 10.9 Å². The highest BCUT2D eigenvalue weighted by Crippen LogP contribution is 2.25. The molecule has 3 aromatic rings. The van der Waals surface area contributed by atoms with Crippen LogP contribution in [0.5, 0.6) is 0 Å². The van der Waals surface area contributed by atoms with Gasteiger partial charge in [0.25, 0.3) is 11.8 Å². The van der Waals surface area contributed by atoms with E-state index in [4.69, 9.17) is 0 Å². The number of benzene rings is 2. The van der Waals surface area contributed by atoms with Crippen LogP contribution in [-0.4, -0.2) is 33.6 Å². The minimum absolute atomic E-state index is 0.320. The largest absolute Gasteiger partial charge is 0.309 e. The maximum absolute atomic E-state index is 12.6. The molecule has 1 aliphatic heterocycles. The number of carbonyl (C=O) groups excluding carboxylic acids is 3. The summed E-state index contributed by atoms with van der Waals surface area (Å²) in [6, 6.07) is 16.7. The number of carbonyl (C=O) groups is 3. The molecule has 26 heavy (non-hydrogen) atoms. The van der Waals surface area contributed by atoms with Gasteiger partial charge in [-0.2, -0.15) is 0 Å². The Morgan fingerprint density at radius 3 is 2.23 bits per heavy atom. The van der Waals surface area contributed by atoms with Gasteiger partial charge in [0.15, 0.2) is 0 Å². The Morgan fingerprint density at radius 2 is 1.54 bits per heavy atom. The van der Waals surface area contributed by atoms with Crippen LogP contribution in [0.15, 0.2) is 60.7 Å². The van der Waals surface area contributed by atoms with Gasteiger partial charge in [-0.15, -0.1) is 0 Å². The fraction of sp³-hybridized carbons (Fsp3) is 0.100. The molecule has 0 saturated heterocycles. The monoisotopic (exact) mass is 345 g/mol. The van der Waals surface area contributed by atoms with Crippen molar-refractivity contribution in [2.45, 2.75) is 13.0 Å². The molecule has 1 atom stereocenters. The number of aromatic nitrogens is 1. The third kappa shape index (κ3) is 2.52. The Kier molecular flexibility index (Phi) is 3.73. The Hall–Kier alpha value is -3.54. The standard InChI is InChI=1S/C20H15N3O3/c1-12(23-19(25)14-7-3-4-8-15(14)20(23)26)18(24)22-17-11-10-13-6-2-5-9-16(13)21-17/h2-12H,1H3,(H,21,22,24)/t12-/m1/s1. The Morgan fingerprint density at radius 1 is 0.923 bits per heavy atom. The van der Waals surface area contributed by atoms with Crippen LogP contribution in [0.1, 0.15) is 27.6 Å². The van der Waals surface area contributed by atoms with Gasteiger partial charge in [0, 0.05) is 5.39 Å². The molecule has 3 amide bonds. The number of para-hydroxylation sites is 1. The van der Waals surface area contributed by atoms with Crippen LogP contribution in [0.2, 0.25) is 0 Å². The molecular formula is C20H15N3O3. The number of nitrogens with zero attached hydrogens (tertiary/aromatic N) is 2. The highest BCUT2D eigenvalue weighted by atomic mass is 16.2. The van der Waals surface area contributed by atoms with Crippen LogP contribution in [0.4, 0.5) is 5.82 Å². The summed E-state index contributed by atoms with van der Waals surface area (Å²) in [5.41, 5.74) is 1.39. The fourth-order valence-electron chi connectivity index (χ4n) is 3.04. The summed E-state index contributed by atoms with van der Waals surface area (Å²) >= 11 is 0. The average molecular weight is 345 g/mol. The molecule has 0 fully saturated rings. The van der Waals surface area contributed by atoms with Crippen molar-refractivity contribution in [3.8, 4) is 0 Å². The van der Waals surface area contributed by atoms with E-state index in [1.807, 2.05) is 30.3 Å². The Labute approximate surface area is 149 Å². The van der Waals surface area contributed by atoms with Gasteiger partial charge in [0.05, 0.1) is 16.6 Å². The lowest BCUT2D eigenvalue weighted by Gasteiger charge is -2.21. The summed E-state index contributed by atoms with van der Waals surface area (Å²) in [6.07, 6.45) is 0. The van der Waals surface area contributed by atoms with Crippen LogP contribution < -0.4 is 5.32 Å². The van der Waals surface area contributed by atoms with Crippen molar-refractivity contribution < 1.29 is 14.4 Å². The number of fused-ring (bicyclic) bond motifs is 2.